The van der Waals surface area contributed by atoms with Crippen LogP contribution in [0.15, 0.2) is 46.1 Å². The van der Waals surface area contributed by atoms with Gasteiger partial charge < -0.3 is 14.4 Å². The van der Waals surface area contributed by atoms with E-state index in [2.05, 4.69) is 31.4 Å². The summed E-state index contributed by atoms with van der Waals surface area (Å²) in [7, 11) is 0. The zero-order valence-corrected chi connectivity index (χ0v) is 17.2. The molecule has 0 aliphatic carbocycles. The maximum atomic E-state index is 12.5. The van der Waals surface area contributed by atoms with Crippen LogP contribution in [-0.2, 0) is 15.7 Å². The molecular weight excluding hydrogens is 469 g/mol. The molecule has 1 aromatic carbocycles. The maximum Gasteiger partial charge on any atom is 0.417 e. The Kier molecular flexibility index (Phi) is 7.27. The molecule has 1 N–H and O–H groups in total. The fraction of sp³-hybridized carbons (Fsp3) is 0.316. The largest absolute Gasteiger partial charge is 0.483 e. The van der Waals surface area contributed by atoms with Crippen LogP contribution in [0.5, 0.6) is 5.75 Å². The molecule has 0 spiro atoms. The molecule has 1 saturated heterocycles. The maximum absolute atomic E-state index is 12.5. The van der Waals surface area contributed by atoms with Crippen LogP contribution in [0.25, 0.3) is 0 Å². The molecule has 1 aromatic heterocycles. The predicted octanol–water partition coefficient (Wildman–Crippen LogP) is 3.55. The summed E-state index contributed by atoms with van der Waals surface area (Å²) in [6.07, 6.45) is -2.22. The summed E-state index contributed by atoms with van der Waals surface area (Å²) >= 11 is 3.39. The van der Waals surface area contributed by atoms with E-state index in [4.69, 9.17) is 9.47 Å². The number of carbonyl (C=O) groups excluding carboxylic acids is 1. The number of ether oxygens (including phenoxy) is 2. The van der Waals surface area contributed by atoms with Crippen LogP contribution in [0.3, 0.4) is 0 Å². The van der Waals surface area contributed by atoms with Gasteiger partial charge in [-0.3, -0.25) is 10.2 Å². The fourth-order valence-corrected chi connectivity index (χ4v) is 3.07. The number of rotatable bonds is 6. The quantitative estimate of drug-likeness (QED) is 0.499. The summed E-state index contributed by atoms with van der Waals surface area (Å²) in [5.74, 6) is 0.579. The Labute approximate surface area is 179 Å². The number of hydrogen-bond acceptors (Lipinski definition) is 6. The van der Waals surface area contributed by atoms with E-state index in [0.29, 0.717) is 42.1 Å². The van der Waals surface area contributed by atoms with E-state index in [1.54, 1.807) is 23.1 Å². The normalized spacial score (nSPS) is 14.7. The molecule has 30 heavy (non-hydrogen) atoms. The number of hydrogen-bond donors (Lipinski definition) is 1. The van der Waals surface area contributed by atoms with Crippen LogP contribution in [-0.4, -0.2) is 54.9 Å². The second-order valence-electron chi connectivity index (χ2n) is 6.27. The number of aromatic nitrogens is 1. The minimum absolute atomic E-state index is 0.0762. The van der Waals surface area contributed by atoms with E-state index >= 15 is 0 Å². The van der Waals surface area contributed by atoms with Gasteiger partial charge in [0.15, 0.2) is 6.61 Å². The van der Waals surface area contributed by atoms with E-state index < -0.39 is 11.7 Å². The molecule has 7 nitrogen and oxygen atoms in total. The van der Waals surface area contributed by atoms with Crippen LogP contribution in [0.4, 0.5) is 19.0 Å². The summed E-state index contributed by atoms with van der Waals surface area (Å²) in [6.45, 7) is 2.09. The van der Waals surface area contributed by atoms with Gasteiger partial charge in [0.05, 0.1) is 29.5 Å². The molecule has 1 amide bonds. The van der Waals surface area contributed by atoms with Gasteiger partial charge in [-0.1, -0.05) is 0 Å². The molecule has 0 bridgehead atoms. The number of anilines is 1. The van der Waals surface area contributed by atoms with Gasteiger partial charge in [0.1, 0.15) is 11.6 Å². The Balaban J connectivity index is 1.52. The molecule has 0 atom stereocenters. The smallest absolute Gasteiger partial charge is 0.417 e. The first-order valence-corrected chi connectivity index (χ1v) is 9.72. The Morgan fingerprint density at radius 1 is 1.30 bits per heavy atom. The lowest BCUT2D eigenvalue weighted by atomic mass is 10.2. The molecule has 1 aliphatic heterocycles. The molecule has 2 heterocycles. The number of halogens is 4. The van der Waals surface area contributed by atoms with E-state index in [-0.39, 0.29) is 18.3 Å². The van der Waals surface area contributed by atoms with Gasteiger partial charge in [0, 0.05) is 19.3 Å². The Morgan fingerprint density at radius 3 is 2.70 bits per heavy atom. The number of amides is 1. The number of carbonyl (C=O) groups is 1. The lowest BCUT2D eigenvalue weighted by molar-refractivity contribution is -0.138. The van der Waals surface area contributed by atoms with E-state index in [1.165, 1.54) is 12.3 Å². The number of nitrogens with zero attached hydrogens (tertiary/aromatic N) is 3. The minimum Gasteiger partial charge on any atom is -0.483 e. The average molecular weight is 487 g/mol. The summed E-state index contributed by atoms with van der Waals surface area (Å²) in [6, 6.07) is 7.27. The zero-order chi connectivity index (χ0) is 21.6. The van der Waals surface area contributed by atoms with Gasteiger partial charge in [0.2, 0.25) is 0 Å². The van der Waals surface area contributed by atoms with Crippen molar-refractivity contribution in [3.63, 3.8) is 0 Å². The van der Waals surface area contributed by atoms with Crippen LogP contribution in [0, 0.1) is 0 Å². The molecule has 0 unspecified atom stereocenters. The molecule has 11 heteroatoms. The van der Waals surface area contributed by atoms with Crippen molar-refractivity contribution in [2.75, 3.05) is 38.3 Å². The number of alkyl halides is 3. The van der Waals surface area contributed by atoms with Crippen LogP contribution in [0.2, 0.25) is 0 Å². The number of nitrogens with one attached hydrogen (secondary N) is 1. The molecular formula is C19H18BrF3N4O3. The molecule has 3 rings (SSSR count). The van der Waals surface area contributed by atoms with Crippen LogP contribution in [0.1, 0.15) is 11.1 Å². The van der Waals surface area contributed by atoms with Crippen molar-refractivity contribution in [1.82, 2.24) is 9.88 Å². The van der Waals surface area contributed by atoms with Crippen molar-refractivity contribution >= 4 is 33.9 Å². The van der Waals surface area contributed by atoms with Gasteiger partial charge in [-0.05, 0) is 51.8 Å². The van der Waals surface area contributed by atoms with Crippen molar-refractivity contribution < 1.29 is 27.4 Å². The second kappa shape index (κ2) is 9.90. The number of hydrazone groups is 1. The lowest BCUT2D eigenvalue weighted by Gasteiger charge is -2.26. The fourth-order valence-electron chi connectivity index (χ4n) is 2.56. The zero-order valence-electron chi connectivity index (χ0n) is 15.7. The third-order valence-electron chi connectivity index (χ3n) is 4.15. The predicted molar refractivity (Wildman–Crippen MR) is 107 cm³/mol. The van der Waals surface area contributed by atoms with Crippen molar-refractivity contribution in [3.05, 3.63) is 52.1 Å². The highest BCUT2D eigenvalue weighted by Crippen LogP contribution is 2.29. The van der Waals surface area contributed by atoms with Gasteiger partial charge in [-0.15, -0.1) is 0 Å². The third kappa shape index (κ3) is 6.17. The first-order valence-electron chi connectivity index (χ1n) is 8.93. The van der Waals surface area contributed by atoms with Crippen molar-refractivity contribution in [3.8, 4) is 5.75 Å². The monoisotopic (exact) mass is 486 g/mol. The average Bonchev–Trinajstić information content (AvgIpc) is 2.73. The van der Waals surface area contributed by atoms with Crippen LogP contribution >= 0.6 is 15.9 Å². The van der Waals surface area contributed by atoms with Crippen LogP contribution < -0.4 is 10.2 Å². The second-order valence-corrected chi connectivity index (χ2v) is 7.13. The van der Waals surface area contributed by atoms with Gasteiger partial charge in [-0.25, -0.2) is 4.98 Å². The van der Waals surface area contributed by atoms with Crippen molar-refractivity contribution in [1.29, 1.82) is 0 Å². The lowest BCUT2D eigenvalue weighted by Crippen LogP contribution is -2.43. The summed E-state index contributed by atoms with van der Waals surface area (Å²) in [5, 5.41) is 3.96. The number of morpholine rings is 1. The number of pyridine rings is 1. The third-order valence-corrected chi connectivity index (χ3v) is 4.77. The van der Waals surface area contributed by atoms with Crippen molar-refractivity contribution in [2.45, 2.75) is 6.18 Å². The summed E-state index contributed by atoms with van der Waals surface area (Å²) in [5.41, 5.74) is 2.44. The summed E-state index contributed by atoms with van der Waals surface area (Å²) in [4.78, 5) is 17.5. The summed E-state index contributed by atoms with van der Waals surface area (Å²) < 4.78 is 49.0. The highest BCUT2D eigenvalue weighted by molar-refractivity contribution is 9.10. The van der Waals surface area contributed by atoms with Gasteiger partial charge in [-0.2, -0.15) is 18.3 Å². The molecule has 0 radical (unpaired) electrons. The molecule has 1 aliphatic rings. The first kappa shape index (κ1) is 22.0. The number of benzene rings is 1. The molecule has 1 fully saturated rings. The highest BCUT2D eigenvalue weighted by Gasteiger charge is 2.30. The molecule has 160 valence electrons. The SMILES string of the molecule is O=C(COc1ccc(/C=N/Nc2ccc(C(F)(F)F)cn2)cc1Br)N1CCOCC1. The van der Waals surface area contributed by atoms with Crippen molar-refractivity contribution in [2.24, 2.45) is 5.10 Å². The Bertz CT molecular complexity index is 901. The molecule has 0 saturated carbocycles. The van der Waals surface area contributed by atoms with E-state index in [9.17, 15) is 18.0 Å². The first-order chi connectivity index (χ1) is 14.3. The molecule has 2 aromatic rings. The Morgan fingerprint density at radius 2 is 2.07 bits per heavy atom. The highest BCUT2D eigenvalue weighted by atomic mass is 79.9. The Hall–Kier alpha value is -2.66. The van der Waals surface area contributed by atoms with E-state index in [1.807, 2.05) is 0 Å². The standard InChI is InChI=1S/C19H18BrF3N4O3/c20-15-9-13(10-25-26-17-4-2-14(11-24-17)19(21,22)23)1-3-16(15)30-12-18(28)27-5-7-29-8-6-27/h1-4,9-11H,5-8,12H2,(H,24,26)/b25-10+. The minimum atomic E-state index is -4.43. The van der Waals surface area contributed by atoms with E-state index in [0.717, 1.165) is 12.3 Å². The van der Waals surface area contributed by atoms with Gasteiger partial charge >= 0.3 is 6.18 Å². The topological polar surface area (TPSA) is 76.0 Å². The van der Waals surface area contributed by atoms with Gasteiger partial charge in [0.25, 0.3) is 5.91 Å².